The molecule has 2 aromatic rings. The molecule has 0 unspecified atom stereocenters. The smallest absolute Gasteiger partial charge is 0.330 e. The van der Waals surface area contributed by atoms with Crippen molar-refractivity contribution in [2.24, 2.45) is 7.05 Å². The lowest BCUT2D eigenvalue weighted by molar-refractivity contribution is 0.186. The summed E-state index contributed by atoms with van der Waals surface area (Å²) in [5.74, 6) is 0.0803. The SMILES string of the molecule is COCCn1c(N)c(NCc2ccn(C)n2)c(=O)[nH]c1=O. The van der Waals surface area contributed by atoms with E-state index in [-0.39, 0.29) is 18.1 Å². The van der Waals surface area contributed by atoms with Crippen LogP contribution in [0.4, 0.5) is 11.5 Å². The van der Waals surface area contributed by atoms with Crippen LogP contribution in [0.15, 0.2) is 21.9 Å². The maximum Gasteiger partial charge on any atom is 0.330 e. The van der Waals surface area contributed by atoms with E-state index >= 15 is 0 Å². The van der Waals surface area contributed by atoms with E-state index in [2.05, 4.69) is 15.4 Å². The molecule has 0 aliphatic carbocycles. The standard InChI is InChI=1S/C12H18N6O3/c1-17-4-3-8(16-17)7-14-9-10(13)18(5-6-21-2)12(20)15-11(9)19/h3-4,14H,5-7,13H2,1-2H3,(H,15,19,20). The number of nitrogens with two attached hydrogens (primary N) is 1. The number of methoxy groups -OCH3 is 1. The zero-order valence-corrected chi connectivity index (χ0v) is 11.9. The van der Waals surface area contributed by atoms with Crippen LogP contribution >= 0.6 is 0 Å². The Morgan fingerprint density at radius 3 is 2.86 bits per heavy atom. The van der Waals surface area contributed by atoms with Crippen molar-refractivity contribution >= 4 is 11.5 Å². The van der Waals surface area contributed by atoms with Crippen LogP contribution in [0.5, 0.6) is 0 Å². The van der Waals surface area contributed by atoms with Gasteiger partial charge in [0, 0.05) is 20.4 Å². The molecule has 2 rings (SSSR count). The average Bonchev–Trinajstić information content (AvgIpc) is 2.84. The first kappa shape index (κ1) is 14.9. The van der Waals surface area contributed by atoms with Crippen molar-refractivity contribution in [1.82, 2.24) is 19.3 Å². The molecule has 2 aromatic heterocycles. The molecule has 114 valence electrons. The van der Waals surface area contributed by atoms with Crippen molar-refractivity contribution in [3.05, 3.63) is 38.8 Å². The first-order chi connectivity index (χ1) is 10.0. The molecule has 21 heavy (non-hydrogen) atoms. The fraction of sp³-hybridized carbons (Fsp3) is 0.417. The quantitative estimate of drug-likeness (QED) is 0.636. The normalized spacial score (nSPS) is 10.8. The molecule has 0 saturated heterocycles. The number of hydrogen-bond acceptors (Lipinski definition) is 6. The summed E-state index contributed by atoms with van der Waals surface area (Å²) in [5, 5.41) is 7.10. The lowest BCUT2D eigenvalue weighted by Crippen LogP contribution is -2.34. The van der Waals surface area contributed by atoms with Crippen molar-refractivity contribution in [1.29, 1.82) is 0 Å². The summed E-state index contributed by atoms with van der Waals surface area (Å²) in [5.41, 5.74) is 5.69. The van der Waals surface area contributed by atoms with Crippen LogP contribution < -0.4 is 22.3 Å². The minimum Gasteiger partial charge on any atom is -0.383 e. The first-order valence-corrected chi connectivity index (χ1v) is 6.37. The molecule has 0 fully saturated rings. The molecule has 0 amide bonds. The first-order valence-electron chi connectivity index (χ1n) is 6.37. The number of H-pyrrole nitrogens is 1. The lowest BCUT2D eigenvalue weighted by atomic mass is 10.4. The molecule has 4 N–H and O–H groups in total. The Hall–Kier alpha value is -2.55. The Morgan fingerprint density at radius 1 is 1.48 bits per heavy atom. The van der Waals surface area contributed by atoms with E-state index in [4.69, 9.17) is 10.5 Å². The summed E-state index contributed by atoms with van der Waals surface area (Å²) in [4.78, 5) is 25.8. The van der Waals surface area contributed by atoms with Crippen LogP contribution in [-0.4, -0.2) is 33.0 Å². The Balaban J connectivity index is 2.26. The van der Waals surface area contributed by atoms with Crippen LogP contribution in [0.1, 0.15) is 5.69 Å². The van der Waals surface area contributed by atoms with E-state index in [1.54, 1.807) is 17.9 Å². The average molecular weight is 294 g/mol. The van der Waals surface area contributed by atoms with Crippen LogP contribution in [0.2, 0.25) is 0 Å². The molecule has 0 spiro atoms. The highest BCUT2D eigenvalue weighted by molar-refractivity contribution is 5.60. The minimum atomic E-state index is -0.557. The zero-order valence-electron chi connectivity index (χ0n) is 11.9. The van der Waals surface area contributed by atoms with Gasteiger partial charge in [0.1, 0.15) is 11.5 Å². The summed E-state index contributed by atoms with van der Waals surface area (Å²) in [6.45, 7) is 0.905. The van der Waals surface area contributed by atoms with E-state index < -0.39 is 11.2 Å². The van der Waals surface area contributed by atoms with Crippen LogP contribution in [0.3, 0.4) is 0 Å². The molecule has 0 saturated carbocycles. The van der Waals surface area contributed by atoms with Gasteiger partial charge in [0.15, 0.2) is 0 Å². The number of nitrogens with zero attached hydrogens (tertiary/aromatic N) is 3. The van der Waals surface area contributed by atoms with E-state index in [9.17, 15) is 9.59 Å². The molecule has 0 radical (unpaired) electrons. The number of ether oxygens (including phenoxy) is 1. The van der Waals surface area contributed by atoms with Gasteiger partial charge in [0.25, 0.3) is 5.56 Å². The number of anilines is 2. The maximum atomic E-state index is 11.8. The van der Waals surface area contributed by atoms with Crippen molar-refractivity contribution in [3.63, 3.8) is 0 Å². The van der Waals surface area contributed by atoms with Gasteiger partial charge in [0.05, 0.1) is 25.4 Å². The molecule has 2 heterocycles. The fourth-order valence-electron chi connectivity index (χ4n) is 1.90. The van der Waals surface area contributed by atoms with E-state index in [0.29, 0.717) is 13.2 Å². The summed E-state index contributed by atoms with van der Waals surface area (Å²) in [6.07, 6.45) is 1.80. The van der Waals surface area contributed by atoms with Gasteiger partial charge in [-0.05, 0) is 6.07 Å². The lowest BCUT2D eigenvalue weighted by Gasteiger charge is -2.13. The van der Waals surface area contributed by atoms with Gasteiger partial charge in [-0.2, -0.15) is 5.10 Å². The fourth-order valence-corrected chi connectivity index (χ4v) is 1.90. The van der Waals surface area contributed by atoms with Crippen molar-refractivity contribution in [2.45, 2.75) is 13.1 Å². The molecule has 0 aromatic carbocycles. The molecule has 0 aliphatic heterocycles. The van der Waals surface area contributed by atoms with Gasteiger partial charge in [0.2, 0.25) is 0 Å². The Kier molecular flexibility index (Phi) is 4.43. The number of aromatic amines is 1. The van der Waals surface area contributed by atoms with Gasteiger partial charge < -0.3 is 15.8 Å². The number of aryl methyl sites for hydroxylation is 1. The van der Waals surface area contributed by atoms with Gasteiger partial charge in [-0.3, -0.25) is 19.0 Å². The second-order valence-electron chi connectivity index (χ2n) is 4.50. The van der Waals surface area contributed by atoms with Crippen LogP contribution in [0, 0.1) is 0 Å². The van der Waals surface area contributed by atoms with E-state index in [1.165, 1.54) is 11.7 Å². The number of aromatic nitrogens is 4. The predicted molar refractivity (Wildman–Crippen MR) is 78.1 cm³/mol. The third-order valence-corrected chi connectivity index (χ3v) is 2.97. The summed E-state index contributed by atoms with van der Waals surface area (Å²) in [6, 6.07) is 1.82. The van der Waals surface area contributed by atoms with Crippen molar-refractivity contribution < 1.29 is 4.74 Å². The highest BCUT2D eigenvalue weighted by Crippen LogP contribution is 2.11. The van der Waals surface area contributed by atoms with Crippen molar-refractivity contribution in [3.8, 4) is 0 Å². The number of hydrogen-bond donors (Lipinski definition) is 3. The highest BCUT2D eigenvalue weighted by atomic mass is 16.5. The molecule has 0 bridgehead atoms. The third-order valence-electron chi connectivity index (χ3n) is 2.97. The molecular weight excluding hydrogens is 276 g/mol. The molecular formula is C12H18N6O3. The zero-order chi connectivity index (χ0) is 15.4. The number of nitrogens with one attached hydrogen (secondary N) is 2. The van der Waals surface area contributed by atoms with Gasteiger partial charge in [-0.1, -0.05) is 0 Å². The second-order valence-corrected chi connectivity index (χ2v) is 4.50. The highest BCUT2D eigenvalue weighted by Gasteiger charge is 2.12. The Labute approximate surface area is 120 Å². The topological polar surface area (TPSA) is 120 Å². The van der Waals surface area contributed by atoms with Gasteiger partial charge in [-0.15, -0.1) is 0 Å². The van der Waals surface area contributed by atoms with Crippen molar-refractivity contribution in [2.75, 3.05) is 24.8 Å². The minimum absolute atomic E-state index is 0.0803. The summed E-state index contributed by atoms with van der Waals surface area (Å²) in [7, 11) is 3.32. The predicted octanol–water partition coefficient (Wildman–Crippen LogP) is -0.889. The summed E-state index contributed by atoms with van der Waals surface area (Å²) < 4.78 is 7.83. The van der Waals surface area contributed by atoms with Crippen LogP contribution in [0.25, 0.3) is 0 Å². The van der Waals surface area contributed by atoms with E-state index in [1.807, 2.05) is 6.07 Å². The largest absolute Gasteiger partial charge is 0.383 e. The third kappa shape index (κ3) is 3.31. The Morgan fingerprint density at radius 2 is 2.24 bits per heavy atom. The van der Waals surface area contributed by atoms with E-state index in [0.717, 1.165) is 5.69 Å². The van der Waals surface area contributed by atoms with Gasteiger partial charge >= 0.3 is 5.69 Å². The van der Waals surface area contributed by atoms with Crippen LogP contribution in [-0.2, 0) is 24.9 Å². The second kappa shape index (κ2) is 6.27. The molecule has 9 nitrogen and oxygen atoms in total. The summed E-state index contributed by atoms with van der Waals surface area (Å²) >= 11 is 0. The van der Waals surface area contributed by atoms with Gasteiger partial charge in [-0.25, -0.2) is 4.79 Å². The molecule has 0 atom stereocenters. The number of rotatable bonds is 6. The molecule has 9 heteroatoms. The Bertz CT molecular complexity index is 729. The molecule has 0 aliphatic rings. The maximum absolute atomic E-state index is 11.8. The number of nitrogen functional groups attached to an aromatic ring is 1. The monoisotopic (exact) mass is 294 g/mol.